The molecule has 0 spiro atoms. The van der Waals surface area contributed by atoms with Crippen molar-refractivity contribution in [2.24, 2.45) is 0 Å². The highest BCUT2D eigenvalue weighted by atomic mass is 28.3. The molecule has 1 heterocycles. The van der Waals surface area contributed by atoms with Crippen LogP contribution < -0.4 is 10.3 Å². The first-order valence-electron chi connectivity index (χ1n) is 16.6. The summed E-state index contributed by atoms with van der Waals surface area (Å²) >= 11 is 0. The summed E-state index contributed by atoms with van der Waals surface area (Å²) in [5.41, 5.74) is 2.09. The molecule has 6 nitrogen and oxygen atoms in total. The van der Waals surface area contributed by atoms with E-state index in [1.54, 1.807) is 24.3 Å². The molecule has 1 atom stereocenters. The van der Waals surface area contributed by atoms with Gasteiger partial charge in [0, 0.05) is 30.2 Å². The van der Waals surface area contributed by atoms with Crippen molar-refractivity contribution in [1.82, 2.24) is 9.55 Å². The molecule has 0 radical (unpaired) electrons. The van der Waals surface area contributed by atoms with E-state index in [1.165, 1.54) is 18.2 Å². The summed E-state index contributed by atoms with van der Waals surface area (Å²) in [4.78, 5) is 15.3. The Morgan fingerprint density at radius 1 is 0.872 bits per heavy atom. The van der Waals surface area contributed by atoms with Gasteiger partial charge >= 0.3 is 0 Å². The van der Waals surface area contributed by atoms with Gasteiger partial charge in [-0.2, -0.15) is 8.78 Å². The zero-order valence-corrected chi connectivity index (χ0v) is 29.4. The summed E-state index contributed by atoms with van der Waals surface area (Å²) in [6.45, 7) is 12.8. The molecule has 0 amide bonds. The van der Waals surface area contributed by atoms with Crippen molar-refractivity contribution in [2.75, 3.05) is 26.3 Å². The van der Waals surface area contributed by atoms with E-state index in [-0.39, 0.29) is 16.2 Å². The topological polar surface area (TPSA) is 74.8 Å². The number of aliphatic hydroxyl groups excluding tert-OH is 1. The van der Waals surface area contributed by atoms with Gasteiger partial charge in [0.2, 0.25) is 5.56 Å². The predicted molar refractivity (Wildman–Crippen MR) is 189 cm³/mol. The highest BCUT2D eigenvalue weighted by Gasteiger charge is 2.41. The molecular formula is C38H50F2N2O4Si. The largest absolute Gasteiger partial charge is 0.487 e. The minimum atomic E-state index is -3.00. The van der Waals surface area contributed by atoms with E-state index in [9.17, 15) is 18.7 Å². The molecule has 254 valence electrons. The van der Waals surface area contributed by atoms with Gasteiger partial charge in [-0.15, -0.1) is 0 Å². The number of pyridine rings is 1. The Balaban J connectivity index is 1.37. The monoisotopic (exact) mass is 664 g/mol. The van der Waals surface area contributed by atoms with E-state index >= 15 is 0 Å². The molecule has 0 aliphatic heterocycles. The number of aliphatic hydroxyl groups is 1. The van der Waals surface area contributed by atoms with Gasteiger partial charge in [-0.25, -0.2) is 0 Å². The third kappa shape index (κ3) is 9.82. The van der Waals surface area contributed by atoms with Gasteiger partial charge in [0.1, 0.15) is 27.2 Å². The fourth-order valence-electron chi connectivity index (χ4n) is 5.60. The Bertz CT molecular complexity index is 1610. The van der Waals surface area contributed by atoms with Gasteiger partial charge in [0.05, 0.1) is 11.6 Å². The average molecular weight is 665 g/mol. The number of nitrogens with one attached hydrogen (secondary N) is 1. The fraction of sp³-hybridized carbons (Fsp3) is 0.447. The Morgan fingerprint density at radius 3 is 2.21 bits per heavy atom. The van der Waals surface area contributed by atoms with Crippen LogP contribution in [-0.4, -0.2) is 49.2 Å². The number of unbranched alkanes of at least 4 members (excludes halogenated alkanes) is 3. The molecule has 47 heavy (non-hydrogen) atoms. The zero-order chi connectivity index (χ0) is 34.1. The smallest absolute Gasteiger partial charge is 0.296 e. The van der Waals surface area contributed by atoms with Gasteiger partial charge in [-0.1, -0.05) is 113 Å². The minimum absolute atomic E-state index is 0.0264. The summed E-state index contributed by atoms with van der Waals surface area (Å²) in [7, 11) is -2.02. The second-order valence-corrected chi connectivity index (χ2v) is 19.1. The Kier molecular flexibility index (Phi) is 12.5. The van der Waals surface area contributed by atoms with Gasteiger partial charge in [-0.3, -0.25) is 4.79 Å². The number of hydrogen-bond donors (Lipinski definition) is 2. The number of benzene rings is 3. The van der Waals surface area contributed by atoms with E-state index in [0.717, 1.165) is 48.7 Å². The molecule has 3 aromatic carbocycles. The maximum atomic E-state index is 14.4. The molecule has 0 saturated carbocycles. The number of ether oxygens (including phenoxy) is 2. The number of hydrogen-bond acceptors (Lipinski definition) is 5. The molecule has 1 aromatic heterocycles. The SMILES string of the molecule is CC(C)(C)[Si](C)(C)N(CCCCCCOCC(F)(F)c1ccccc1)CC(O)c1ccc(OCc2ccccc2)c2[nH]c(=O)ccc12. The van der Waals surface area contributed by atoms with Gasteiger partial charge in [0.25, 0.3) is 5.92 Å². The third-order valence-corrected chi connectivity index (χ3v) is 15.1. The molecule has 2 N–H and O–H groups in total. The summed E-state index contributed by atoms with van der Waals surface area (Å²) in [5.74, 6) is -2.44. The van der Waals surface area contributed by atoms with Crippen LogP contribution in [0.1, 0.15) is 69.2 Å². The number of rotatable bonds is 17. The molecule has 1 unspecified atom stereocenters. The van der Waals surface area contributed by atoms with Crippen molar-refractivity contribution >= 4 is 19.1 Å². The quantitative estimate of drug-likeness (QED) is 0.0872. The van der Waals surface area contributed by atoms with Gasteiger partial charge in [0.15, 0.2) is 0 Å². The highest BCUT2D eigenvalue weighted by molar-refractivity contribution is 6.77. The Hall–Kier alpha value is -3.37. The maximum Gasteiger partial charge on any atom is 0.296 e. The summed E-state index contributed by atoms with van der Waals surface area (Å²) < 4.78 is 42.7. The van der Waals surface area contributed by atoms with Crippen molar-refractivity contribution in [3.8, 4) is 5.75 Å². The lowest BCUT2D eigenvalue weighted by Crippen LogP contribution is -2.56. The van der Waals surface area contributed by atoms with Crippen LogP contribution in [0, 0.1) is 0 Å². The van der Waals surface area contributed by atoms with Crippen LogP contribution in [0.4, 0.5) is 8.78 Å². The summed E-state index contributed by atoms with van der Waals surface area (Å²) in [6.07, 6.45) is 2.70. The molecular weight excluding hydrogens is 615 g/mol. The van der Waals surface area contributed by atoms with Crippen LogP contribution in [-0.2, 0) is 17.3 Å². The van der Waals surface area contributed by atoms with E-state index in [1.807, 2.05) is 42.5 Å². The van der Waals surface area contributed by atoms with Crippen LogP contribution in [0.15, 0.2) is 89.7 Å². The number of aromatic nitrogens is 1. The molecule has 0 fully saturated rings. The van der Waals surface area contributed by atoms with Crippen LogP contribution in [0.2, 0.25) is 18.1 Å². The van der Waals surface area contributed by atoms with Crippen molar-refractivity contribution in [2.45, 2.75) is 83.2 Å². The van der Waals surface area contributed by atoms with Crippen molar-refractivity contribution in [1.29, 1.82) is 0 Å². The first-order valence-corrected chi connectivity index (χ1v) is 19.5. The van der Waals surface area contributed by atoms with E-state index < -0.39 is 26.9 Å². The average Bonchev–Trinajstić information content (AvgIpc) is 3.04. The maximum absolute atomic E-state index is 14.4. The number of aromatic amines is 1. The first-order chi connectivity index (χ1) is 22.3. The fourth-order valence-corrected chi connectivity index (χ4v) is 7.90. The lowest BCUT2D eigenvalue weighted by molar-refractivity contribution is -0.0831. The van der Waals surface area contributed by atoms with Gasteiger partial charge in [-0.05, 0) is 47.7 Å². The molecule has 0 saturated heterocycles. The van der Waals surface area contributed by atoms with Crippen LogP contribution >= 0.6 is 0 Å². The molecule has 4 rings (SSSR count). The standard InChI is InChI=1S/C38H50F2N2O4Si/c1-37(2,3)47(4,5)42(24-14-6-7-15-25-45-28-38(39,40)30-18-12-9-13-19-30)26-33(43)31-20-22-34(36-32(31)21-23-35(44)41-36)46-27-29-16-10-8-11-17-29/h8-13,16-23,33,43H,6-7,14-15,24-28H2,1-5H3,(H,41,44). The lowest BCUT2D eigenvalue weighted by atomic mass is 10.0. The second kappa shape index (κ2) is 16.2. The van der Waals surface area contributed by atoms with Crippen molar-refractivity contribution in [3.63, 3.8) is 0 Å². The number of nitrogens with zero attached hydrogens (tertiary/aromatic N) is 1. The van der Waals surface area contributed by atoms with Crippen LogP contribution in [0.25, 0.3) is 10.9 Å². The molecule has 0 aliphatic rings. The highest BCUT2D eigenvalue weighted by Crippen LogP contribution is 2.40. The predicted octanol–water partition coefficient (Wildman–Crippen LogP) is 8.82. The molecule has 0 aliphatic carbocycles. The lowest BCUT2D eigenvalue weighted by Gasteiger charge is -2.47. The number of H-pyrrole nitrogens is 1. The number of halogens is 2. The van der Waals surface area contributed by atoms with E-state index in [0.29, 0.717) is 31.0 Å². The van der Waals surface area contributed by atoms with Crippen LogP contribution in [0.5, 0.6) is 5.75 Å². The van der Waals surface area contributed by atoms with E-state index in [2.05, 4.69) is 43.4 Å². The van der Waals surface area contributed by atoms with E-state index in [4.69, 9.17) is 9.47 Å². The van der Waals surface area contributed by atoms with Crippen molar-refractivity contribution < 1.29 is 23.4 Å². The third-order valence-electron chi connectivity index (χ3n) is 9.45. The normalized spacial score (nSPS) is 13.3. The minimum Gasteiger partial charge on any atom is -0.487 e. The Morgan fingerprint density at radius 2 is 1.53 bits per heavy atom. The van der Waals surface area contributed by atoms with Gasteiger partial charge < -0.3 is 24.1 Å². The molecule has 4 aromatic rings. The number of fused-ring (bicyclic) bond motifs is 1. The zero-order valence-electron chi connectivity index (χ0n) is 28.4. The summed E-state index contributed by atoms with van der Waals surface area (Å²) in [6, 6.07) is 24.6. The molecule has 9 heteroatoms. The summed E-state index contributed by atoms with van der Waals surface area (Å²) in [5, 5.41) is 12.5. The number of alkyl halides is 2. The first kappa shape index (κ1) is 36.5. The van der Waals surface area contributed by atoms with Crippen LogP contribution in [0.3, 0.4) is 0 Å². The second-order valence-electron chi connectivity index (χ2n) is 13.8. The molecule has 0 bridgehead atoms. The van der Waals surface area contributed by atoms with Crippen molar-refractivity contribution in [3.05, 3.63) is 112 Å². The Labute approximate surface area is 278 Å².